The molecule has 0 aliphatic rings. The Morgan fingerprint density at radius 3 is 2.73 bits per heavy atom. The van der Waals surface area contributed by atoms with Gasteiger partial charge in [-0.15, -0.1) is 0 Å². The largest absolute Gasteiger partial charge is 1.00 e. The molecule has 0 heterocycles. The van der Waals surface area contributed by atoms with Crippen LogP contribution in [0.4, 0.5) is 0 Å². The van der Waals surface area contributed by atoms with Gasteiger partial charge in [0.15, 0.2) is 0 Å². The first-order valence-corrected chi connectivity index (χ1v) is 5.24. The zero-order valence-electron chi connectivity index (χ0n) is 8.00. The molecule has 0 amide bonds. The number of isothiocyanates is 1. The van der Waals surface area contributed by atoms with Gasteiger partial charge in [-0.1, -0.05) is 0 Å². The molecular formula is C6H12NNaOS2. The number of nitrogens with zero attached hydrogens (tertiary/aromatic N) is 1. The maximum atomic E-state index is 10.5. The van der Waals surface area contributed by atoms with Gasteiger partial charge in [-0.3, -0.25) is 4.21 Å². The van der Waals surface area contributed by atoms with Crippen LogP contribution in [0, 0.1) is 0 Å². The molecular weight excluding hydrogens is 189 g/mol. The first kappa shape index (κ1) is 14.5. The van der Waals surface area contributed by atoms with E-state index >= 15 is 0 Å². The topological polar surface area (TPSA) is 29.4 Å². The van der Waals surface area contributed by atoms with Crippen molar-refractivity contribution in [3.8, 4) is 0 Å². The van der Waals surface area contributed by atoms with Crippen molar-refractivity contribution in [3.63, 3.8) is 0 Å². The van der Waals surface area contributed by atoms with E-state index in [1.54, 1.807) is 6.26 Å². The minimum absolute atomic E-state index is 0. The van der Waals surface area contributed by atoms with Crippen molar-refractivity contribution in [1.29, 1.82) is 0 Å². The molecule has 60 valence electrons. The maximum absolute atomic E-state index is 10.5. The van der Waals surface area contributed by atoms with Crippen LogP contribution in [-0.4, -0.2) is 27.9 Å². The van der Waals surface area contributed by atoms with Gasteiger partial charge in [0.1, 0.15) is 0 Å². The molecule has 11 heavy (non-hydrogen) atoms. The van der Waals surface area contributed by atoms with Crippen molar-refractivity contribution in [2.24, 2.45) is 4.99 Å². The van der Waals surface area contributed by atoms with Gasteiger partial charge in [-0.25, -0.2) is 4.99 Å². The third-order valence-corrected chi connectivity index (χ3v) is 2.01. The SMILES string of the molecule is C[S@@](=O)CCCCN=C=S.[H-].[Na+]. The van der Waals surface area contributed by atoms with Gasteiger partial charge in [0.25, 0.3) is 0 Å². The second kappa shape index (κ2) is 11.0. The van der Waals surface area contributed by atoms with Crippen LogP contribution in [0.3, 0.4) is 0 Å². The second-order valence-electron chi connectivity index (χ2n) is 1.96. The summed E-state index contributed by atoms with van der Waals surface area (Å²) in [7, 11) is -0.659. The summed E-state index contributed by atoms with van der Waals surface area (Å²) in [6.07, 6.45) is 3.63. The van der Waals surface area contributed by atoms with Gasteiger partial charge >= 0.3 is 29.6 Å². The standard InChI is InChI=1S/C6H11NOS2.Na.H/c1-10(8)5-3-2-4-7-6-9;;/h2-5H2,1H3;;/q;+1;-1/t10-;;/m1../s1. The van der Waals surface area contributed by atoms with E-state index in [9.17, 15) is 4.21 Å². The number of rotatable bonds is 5. The molecule has 0 aromatic rings. The fourth-order valence-corrected chi connectivity index (χ4v) is 1.24. The van der Waals surface area contributed by atoms with Crippen molar-refractivity contribution in [3.05, 3.63) is 0 Å². The molecule has 0 radical (unpaired) electrons. The minimum atomic E-state index is -0.659. The molecule has 0 unspecified atom stereocenters. The Morgan fingerprint density at radius 2 is 2.27 bits per heavy atom. The van der Waals surface area contributed by atoms with Crippen molar-refractivity contribution in [1.82, 2.24) is 0 Å². The fraction of sp³-hybridized carbons (Fsp3) is 0.833. The smallest absolute Gasteiger partial charge is 1.00 e. The number of hydrogen-bond acceptors (Lipinski definition) is 3. The van der Waals surface area contributed by atoms with Crippen molar-refractivity contribution < 1.29 is 35.2 Å². The van der Waals surface area contributed by atoms with Crippen LogP contribution in [0.5, 0.6) is 0 Å². The molecule has 0 rings (SSSR count). The van der Waals surface area contributed by atoms with Gasteiger partial charge in [0.05, 0.1) is 5.16 Å². The van der Waals surface area contributed by atoms with Gasteiger partial charge in [0, 0.05) is 29.4 Å². The predicted molar refractivity (Wildman–Crippen MR) is 49.2 cm³/mol. The summed E-state index contributed by atoms with van der Waals surface area (Å²) in [5, 5.41) is 2.29. The maximum Gasteiger partial charge on any atom is 1.00 e. The first-order valence-electron chi connectivity index (χ1n) is 3.11. The molecule has 0 saturated heterocycles. The molecule has 0 aliphatic carbocycles. The molecule has 0 N–H and O–H groups in total. The van der Waals surface area contributed by atoms with Crippen molar-refractivity contribution in [2.75, 3.05) is 18.6 Å². The zero-order chi connectivity index (χ0) is 7.82. The van der Waals surface area contributed by atoms with Gasteiger partial charge in [0.2, 0.25) is 0 Å². The summed E-state index contributed by atoms with van der Waals surface area (Å²) in [4.78, 5) is 3.73. The Labute approximate surface area is 99.1 Å². The van der Waals surface area contributed by atoms with Crippen LogP contribution >= 0.6 is 12.2 Å². The molecule has 0 aliphatic heterocycles. The second-order valence-corrected chi connectivity index (χ2v) is 3.69. The van der Waals surface area contributed by atoms with E-state index in [1.165, 1.54) is 0 Å². The van der Waals surface area contributed by atoms with Crippen LogP contribution in [-0.2, 0) is 10.8 Å². The number of aliphatic imine (C=N–C) groups is 1. The third kappa shape index (κ3) is 13.9. The Bertz CT molecular complexity index is 158. The summed E-state index contributed by atoms with van der Waals surface area (Å²) < 4.78 is 10.5. The molecule has 0 spiro atoms. The average Bonchev–Trinajstić information content (AvgIpc) is 1.87. The number of thiocarbonyl (C=S) groups is 1. The van der Waals surface area contributed by atoms with Crippen LogP contribution in [0.2, 0.25) is 0 Å². The van der Waals surface area contributed by atoms with E-state index in [2.05, 4.69) is 22.4 Å². The van der Waals surface area contributed by atoms with Gasteiger partial charge in [-0.05, 0) is 25.1 Å². The number of unbranched alkanes of at least 4 members (excludes halogenated alkanes) is 1. The van der Waals surface area contributed by atoms with Crippen LogP contribution in [0.1, 0.15) is 14.3 Å². The summed E-state index contributed by atoms with van der Waals surface area (Å²) in [5.74, 6) is 0.771. The molecule has 0 aromatic heterocycles. The van der Waals surface area contributed by atoms with Crippen LogP contribution in [0.15, 0.2) is 4.99 Å². The van der Waals surface area contributed by atoms with E-state index in [0.29, 0.717) is 0 Å². The molecule has 1 atom stereocenters. The molecule has 0 fully saturated rings. The van der Waals surface area contributed by atoms with Crippen LogP contribution in [0.25, 0.3) is 0 Å². The number of hydrogen-bond donors (Lipinski definition) is 0. The van der Waals surface area contributed by atoms with E-state index < -0.39 is 10.8 Å². The summed E-state index contributed by atoms with van der Waals surface area (Å²) in [6.45, 7) is 0.723. The fourth-order valence-electron chi connectivity index (χ4n) is 0.542. The quantitative estimate of drug-likeness (QED) is 0.231. The predicted octanol–water partition coefficient (Wildman–Crippen LogP) is -1.64. The normalized spacial score (nSPS) is 11.0. The average molecular weight is 201 g/mol. The van der Waals surface area contributed by atoms with E-state index in [4.69, 9.17) is 0 Å². The minimum Gasteiger partial charge on any atom is -1.00 e. The summed E-state index contributed by atoms with van der Waals surface area (Å²) >= 11 is 4.38. The molecule has 2 nitrogen and oxygen atoms in total. The van der Waals surface area contributed by atoms with Gasteiger partial charge < -0.3 is 1.43 Å². The Balaban J connectivity index is -0.000000405. The first-order chi connectivity index (χ1) is 4.77. The molecule has 0 bridgehead atoms. The van der Waals surface area contributed by atoms with E-state index in [1.807, 2.05) is 0 Å². The van der Waals surface area contributed by atoms with Crippen LogP contribution < -0.4 is 29.6 Å². The van der Waals surface area contributed by atoms with Gasteiger partial charge in [-0.2, -0.15) is 0 Å². The van der Waals surface area contributed by atoms with Crippen molar-refractivity contribution >= 4 is 28.2 Å². The molecule has 0 saturated carbocycles. The monoisotopic (exact) mass is 201 g/mol. The van der Waals surface area contributed by atoms with E-state index in [-0.39, 0.29) is 31.0 Å². The zero-order valence-corrected chi connectivity index (χ0v) is 10.6. The third-order valence-electron chi connectivity index (χ3n) is 1.02. The molecule has 5 heteroatoms. The Morgan fingerprint density at radius 1 is 1.64 bits per heavy atom. The van der Waals surface area contributed by atoms with Crippen molar-refractivity contribution in [2.45, 2.75) is 12.8 Å². The summed E-state index contributed by atoms with van der Waals surface area (Å²) in [6, 6.07) is 0. The Hall–Kier alpha value is 0.950. The Kier molecular flexibility index (Phi) is 14.4. The molecule has 0 aromatic carbocycles. The van der Waals surface area contributed by atoms with E-state index in [0.717, 1.165) is 25.1 Å². The summed E-state index contributed by atoms with van der Waals surface area (Å²) in [5.41, 5.74) is 0.